The number of anilines is 1. The van der Waals surface area contributed by atoms with Gasteiger partial charge in [0, 0.05) is 32.6 Å². The van der Waals surface area contributed by atoms with Crippen molar-refractivity contribution in [3.8, 4) is 0 Å². The Balaban J connectivity index is 1.79. The van der Waals surface area contributed by atoms with E-state index < -0.39 is 21.7 Å². The lowest BCUT2D eigenvalue weighted by Crippen LogP contribution is -2.28. The summed E-state index contributed by atoms with van der Waals surface area (Å²) in [5.74, 6) is -1.14. The maximum atomic E-state index is 12.0. The van der Waals surface area contributed by atoms with Gasteiger partial charge in [-0.3, -0.25) is 4.79 Å². The van der Waals surface area contributed by atoms with Crippen molar-refractivity contribution in [3.05, 3.63) is 65.2 Å². The molecule has 0 aliphatic carbocycles. The summed E-state index contributed by atoms with van der Waals surface area (Å²) < 4.78 is 27.5. The molecule has 0 saturated carbocycles. The van der Waals surface area contributed by atoms with Crippen molar-refractivity contribution in [2.45, 2.75) is 12.3 Å². The van der Waals surface area contributed by atoms with Crippen LogP contribution in [-0.2, 0) is 31.7 Å². The average Bonchev–Trinajstić information content (AvgIpc) is 2.64. The van der Waals surface area contributed by atoms with Gasteiger partial charge in [-0.15, -0.1) is 0 Å². The summed E-state index contributed by atoms with van der Waals surface area (Å²) in [5, 5.41) is 2.69. The van der Waals surface area contributed by atoms with Gasteiger partial charge in [-0.2, -0.15) is 0 Å². The normalized spacial score (nSPS) is 11.0. The monoisotopic (exact) mass is 404 g/mol. The summed E-state index contributed by atoms with van der Waals surface area (Å²) in [5.41, 5.74) is 2.83. The van der Waals surface area contributed by atoms with Crippen LogP contribution in [0.4, 0.5) is 5.69 Å². The molecular formula is C20H24N2O5S. The number of amides is 1. The van der Waals surface area contributed by atoms with Crippen molar-refractivity contribution in [3.63, 3.8) is 0 Å². The highest BCUT2D eigenvalue weighted by atomic mass is 32.2. The summed E-state index contributed by atoms with van der Waals surface area (Å²) >= 11 is 0. The first-order valence-corrected chi connectivity index (χ1v) is 10.7. The molecule has 0 spiro atoms. The number of nitrogens with one attached hydrogen (secondary N) is 1. The van der Waals surface area contributed by atoms with E-state index in [9.17, 15) is 18.0 Å². The van der Waals surface area contributed by atoms with Crippen molar-refractivity contribution >= 4 is 27.4 Å². The summed E-state index contributed by atoms with van der Waals surface area (Å²) in [6.45, 7) is -0.0516. The number of hydrogen-bond acceptors (Lipinski definition) is 6. The molecule has 2 aromatic carbocycles. The molecule has 0 aliphatic heterocycles. The first kappa shape index (κ1) is 21.4. The van der Waals surface area contributed by atoms with Crippen LogP contribution in [0, 0.1) is 0 Å². The number of sulfone groups is 1. The van der Waals surface area contributed by atoms with Gasteiger partial charge in [-0.25, -0.2) is 13.2 Å². The third-order valence-corrected chi connectivity index (χ3v) is 4.75. The van der Waals surface area contributed by atoms with Crippen LogP contribution >= 0.6 is 0 Å². The third-order valence-electron chi connectivity index (χ3n) is 3.90. The second kappa shape index (κ2) is 9.36. The molecule has 0 saturated heterocycles. The van der Waals surface area contributed by atoms with E-state index in [0.717, 1.165) is 17.5 Å². The Morgan fingerprint density at radius 2 is 1.54 bits per heavy atom. The summed E-state index contributed by atoms with van der Waals surface area (Å²) in [6.07, 6.45) is 1.14. The van der Waals surface area contributed by atoms with E-state index in [2.05, 4.69) is 5.32 Å². The minimum absolute atomic E-state index is 0.0970. The van der Waals surface area contributed by atoms with Crippen LogP contribution in [0.15, 0.2) is 48.5 Å². The van der Waals surface area contributed by atoms with Crippen molar-refractivity contribution in [1.82, 2.24) is 5.32 Å². The summed E-state index contributed by atoms with van der Waals surface area (Å²) in [4.78, 5) is 25.9. The number of rotatable bonds is 8. The first-order valence-electron chi connectivity index (χ1n) is 8.61. The van der Waals surface area contributed by atoms with Gasteiger partial charge < -0.3 is 15.0 Å². The highest BCUT2D eigenvalue weighted by Gasteiger charge is 2.11. The van der Waals surface area contributed by atoms with E-state index in [1.807, 2.05) is 43.3 Å². The highest BCUT2D eigenvalue weighted by molar-refractivity contribution is 7.89. The molecule has 2 rings (SSSR count). The molecule has 0 fully saturated rings. The van der Waals surface area contributed by atoms with Crippen molar-refractivity contribution in [1.29, 1.82) is 0 Å². The van der Waals surface area contributed by atoms with Crippen molar-refractivity contribution < 1.29 is 22.7 Å². The SMILES string of the molecule is CN(C)c1ccc(CNC(=O)COC(=O)c2ccc(CS(C)(=O)=O)cc2)cc1. The number of ether oxygens (including phenoxy) is 1. The van der Waals surface area contributed by atoms with Gasteiger partial charge in [0.25, 0.3) is 5.91 Å². The van der Waals surface area contributed by atoms with Crippen LogP contribution in [0.25, 0.3) is 0 Å². The molecule has 0 aliphatic rings. The quantitative estimate of drug-likeness (QED) is 0.674. The topological polar surface area (TPSA) is 92.8 Å². The molecule has 150 valence electrons. The zero-order chi connectivity index (χ0) is 20.7. The van der Waals surface area contributed by atoms with E-state index in [4.69, 9.17) is 4.74 Å². The molecule has 2 aromatic rings. The van der Waals surface area contributed by atoms with Gasteiger partial charge in [0.2, 0.25) is 0 Å². The van der Waals surface area contributed by atoms with Crippen molar-refractivity contribution in [2.75, 3.05) is 31.9 Å². The lowest BCUT2D eigenvalue weighted by atomic mass is 10.1. The maximum Gasteiger partial charge on any atom is 0.338 e. The fraction of sp³-hybridized carbons (Fsp3) is 0.300. The molecular weight excluding hydrogens is 380 g/mol. The summed E-state index contributed by atoms with van der Waals surface area (Å²) in [7, 11) is 0.758. The van der Waals surface area contributed by atoms with Crippen LogP contribution in [0.5, 0.6) is 0 Å². The Morgan fingerprint density at radius 1 is 0.964 bits per heavy atom. The van der Waals surface area contributed by atoms with Crippen molar-refractivity contribution in [2.24, 2.45) is 0 Å². The predicted molar refractivity (Wildman–Crippen MR) is 108 cm³/mol. The molecule has 0 unspecified atom stereocenters. The lowest BCUT2D eigenvalue weighted by Gasteiger charge is -2.13. The standard InChI is InChI=1S/C20H24N2O5S/c1-22(2)18-10-6-15(7-11-18)12-21-19(23)13-27-20(24)17-8-4-16(5-9-17)14-28(3,25)26/h4-11H,12-14H2,1-3H3,(H,21,23). The van der Waals surface area contributed by atoms with Gasteiger partial charge >= 0.3 is 5.97 Å². The molecule has 1 amide bonds. The van der Waals surface area contributed by atoms with Gasteiger partial charge in [-0.05, 0) is 35.4 Å². The van der Waals surface area contributed by atoms with E-state index in [0.29, 0.717) is 12.1 Å². The molecule has 7 nitrogen and oxygen atoms in total. The second-order valence-corrected chi connectivity index (χ2v) is 8.82. The van der Waals surface area contributed by atoms with Crippen LogP contribution in [0.1, 0.15) is 21.5 Å². The molecule has 0 atom stereocenters. The first-order chi connectivity index (χ1) is 13.1. The fourth-order valence-electron chi connectivity index (χ4n) is 2.42. The zero-order valence-corrected chi connectivity index (χ0v) is 17.0. The van der Waals surface area contributed by atoms with Gasteiger partial charge in [0.05, 0.1) is 11.3 Å². The van der Waals surface area contributed by atoms with Crippen LogP contribution in [0.2, 0.25) is 0 Å². The number of benzene rings is 2. The predicted octanol–water partition coefficient (Wildman–Crippen LogP) is 1.77. The largest absolute Gasteiger partial charge is 0.452 e. The smallest absolute Gasteiger partial charge is 0.338 e. The second-order valence-electron chi connectivity index (χ2n) is 6.68. The molecule has 0 heterocycles. The molecule has 8 heteroatoms. The number of carbonyl (C=O) groups is 2. The maximum absolute atomic E-state index is 12.0. The Labute approximate surface area is 165 Å². The minimum Gasteiger partial charge on any atom is -0.452 e. The molecule has 28 heavy (non-hydrogen) atoms. The number of carbonyl (C=O) groups excluding carboxylic acids is 2. The van der Waals surface area contributed by atoms with E-state index in [1.165, 1.54) is 12.1 Å². The minimum atomic E-state index is -3.14. The molecule has 0 bridgehead atoms. The molecule has 1 N–H and O–H groups in total. The number of nitrogens with zero attached hydrogens (tertiary/aromatic N) is 1. The van der Waals surface area contributed by atoms with Crippen LogP contribution < -0.4 is 10.2 Å². The third kappa shape index (κ3) is 7.03. The zero-order valence-electron chi connectivity index (χ0n) is 16.1. The van der Waals surface area contributed by atoms with Crippen LogP contribution in [-0.4, -0.2) is 47.3 Å². The molecule has 0 aromatic heterocycles. The summed E-state index contributed by atoms with van der Waals surface area (Å²) in [6, 6.07) is 13.8. The Hall–Kier alpha value is -2.87. The number of esters is 1. The van der Waals surface area contributed by atoms with Gasteiger partial charge in [0.1, 0.15) is 0 Å². The van der Waals surface area contributed by atoms with Gasteiger partial charge in [0.15, 0.2) is 16.4 Å². The Kier molecular flexibility index (Phi) is 7.17. The number of hydrogen-bond donors (Lipinski definition) is 1. The van der Waals surface area contributed by atoms with Gasteiger partial charge in [-0.1, -0.05) is 24.3 Å². The Bertz CT molecular complexity index is 920. The lowest BCUT2D eigenvalue weighted by molar-refractivity contribution is -0.124. The van der Waals surface area contributed by atoms with E-state index in [-0.39, 0.29) is 17.9 Å². The Morgan fingerprint density at radius 3 is 2.07 bits per heavy atom. The molecule has 0 radical (unpaired) electrons. The van der Waals surface area contributed by atoms with E-state index in [1.54, 1.807) is 12.1 Å². The van der Waals surface area contributed by atoms with Crippen LogP contribution in [0.3, 0.4) is 0 Å². The highest BCUT2D eigenvalue weighted by Crippen LogP contribution is 2.12. The average molecular weight is 404 g/mol. The fourth-order valence-corrected chi connectivity index (χ4v) is 3.22. The van der Waals surface area contributed by atoms with E-state index >= 15 is 0 Å².